The molecule has 1 aliphatic heterocycles. The van der Waals surface area contributed by atoms with E-state index >= 15 is 8.78 Å². The monoisotopic (exact) mass is 534 g/mol. The number of nitrogens with one attached hydrogen (secondary N) is 1. The Labute approximate surface area is 221 Å². The van der Waals surface area contributed by atoms with E-state index in [-0.39, 0.29) is 21.2 Å². The molecule has 0 aliphatic carbocycles. The van der Waals surface area contributed by atoms with Gasteiger partial charge in [0.15, 0.2) is 0 Å². The van der Waals surface area contributed by atoms with E-state index in [1.54, 1.807) is 26.8 Å². The third-order valence-electron chi connectivity index (χ3n) is 6.58. The van der Waals surface area contributed by atoms with Crippen molar-refractivity contribution in [2.45, 2.75) is 70.1 Å². The Morgan fingerprint density at radius 3 is 2.44 bits per heavy atom. The fourth-order valence-corrected chi connectivity index (χ4v) is 5.24. The van der Waals surface area contributed by atoms with Gasteiger partial charge in [0.2, 0.25) is 0 Å². The summed E-state index contributed by atoms with van der Waals surface area (Å²) in [5.41, 5.74) is -3.07. The van der Waals surface area contributed by atoms with Crippen LogP contribution in [0, 0.1) is 28.4 Å². The summed E-state index contributed by atoms with van der Waals surface area (Å²) in [5.74, 6) is -3.36. The summed E-state index contributed by atoms with van der Waals surface area (Å²) in [6, 6.07) is 8.72. The molecule has 0 radical (unpaired) electrons. The molecule has 2 aromatic rings. The van der Waals surface area contributed by atoms with E-state index in [4.69, 9.17) is 27.9 Å². The van der Waals surface area contributed by atoms with Crippen molar-refractivity contribution in [2.24, 2.45) is 5.41 Å². The Kier molecular flexibility index (Phi) is 7.91. The molecular weight excluding hydrogens is 505 g/mol. The van der Waals surface area contributed by atoms with Crippen molar-refractivity contribution in [3.63, 3.8) is 0 Å². The van der Waals surface area contributed by atoms with Gasteiger partial charge in [0.25, 0.3) is 0 Å². The van der Waals surface area contributed by atoms with Gasteiger partial charge in [0.1, 0.15) is 28.7 Å². The number of carbonyl (C=O) groups excluding carboxylic acids is 1. The molecule has 1 saturated heterocycles. The smallest absolute Gasteiger partial charge is 0.324 e. The Balaban J connectivity index is 2.38. The maximum absolute atomic E-state index is 15.6. The van der Waals surface area contributed by atoms with Gasteiger partial charge >= 0.3 is 5.97 Å². The van der Waals surface area contributed by atoms with Gasteiger partial charge in [-0.1, -0.05) is 61.3 Å². The van der Waals surface area contributed by atoms with E-state index in [2.05, 4.69) is 18.0 Å². The van der Waals surface area contributed by atoms with Crippen LogP contribution in [-0.2, 0) is 14.9 Å². The van der Waals surface area contributed by atoms with E-state index in [0.29, 0.717) is 6.42 Å². The Bertz CT molecular complexity index is 1220. The second-order valence-electron chi connectivity index (χ2n) is 10.9. The number of nitrogens with zero attached hydrogens (tertiary/aromatic N) is 1. The number of esters is 1. The molecule has 1 fully saturated rings. The van der Waals surface area contributed by atoms with Crippen molar-refractivity contribution in [1.29, 1.82) is 5.26 Å². The first kappa shape index (κ1) is 28.1. The van der Waals surface area contributed by atoms with Crippen LogP contribution in [0.5, 0.6) is 0 Å². The summed E-state index contributed by atoms with van der Waals surface area (Å²) >= 11 is 12.2. The van der Waals surface area contributed by atoms with Gasteiger partial charge in [-0.15, -0.1) is 6.58 Å². The molecule has 0 spiro atoms. The summed E-state index contributed by atoms with van der Waals surface area (Å²) in [4.78, 5) is 13.5. The van der Waals surface area contributed by atoms with Crippen molar-refractivity contribution >= 4 is 29.2 Å². The predicted molar refractivity (Wildman–Crippen MR) is 138 cm³/mol. The molecule has 1 heterocycles. The second kappa shape index (κ2) is 10.1. The number of hydrogen-bond acceptors (Lipinski definition) is 4. The van der Waals surface area contributed by atoms with E-state index in [1.807, 2.05) is 13.8 Å². The fourth-order valence-electron chi connectivity index (χ4n) is 4.90. The SMILES string of the molecule is C=CC(C)(C)C[C@@H]1N[C@@H](C(=O)OC(C)(C)C)[C@H](c2cccc(Cl)c2F)[C@@]1(C#N)c1ccc(Cl)cc1F. The van der Waals surface area contributed by atoms with Gasteiger partial charge in [-0.05, 0) is 56.4 Å². The summed E-state index contributed by atoms with van der Waals surface area (Å²) in [7, 11) is 0. The van der Waals surface area contributed by atoms with E-state index < -0.39 is 52.0 Å². The van der Waals surface area contributed by atoms with Gasteiger partial charge in [0, 0.05) is 22.5 Å². The highest BCUT2D eigenvalue weighted by Gasteiger charge is 2.62. The lowest BCUT2D eigenvalue weighted by atomic mass is 9.62. The molecule has 0 amide bonds. The first-order valence-corrected chi connectivity index (χ1v) is 12.4. The number of ether oxygens (including phenoxy) is 1. The third-order valence-corrected chi connectivity index (χ3v) is 7.10. The molecule has 2 aromatic carbocycles. The predicted octanol–water partition coefficient (Wildman–Crippen LogP) is 7.10. The molecule has 4 nitrogen and oxygen atoms in total. The normalized spacial score (nSPS) is 24.3. The van der Waals surface area contributed by atoms with Crippen LogP contribution in [0.15, 0.2) is 49.1 Å². The van der Waals surface area contributed by atoms with Crippen LogP contribution >= 0.6 is 23.2 Å². The fraction of sp³-hybridized carbons (Fsp3) is 0.429. The van der Waals surface area contributed by atoms with Crippen LogP contribution in [0.4, 0.5) is 8.78 Å². The lowest BCUT2D eigenvalue weighted by Crippen LogP contribution is -2.45. The first-order valence-electron chi connectivity index (χ1n) is 11.6. The number of nitriles is 1. The quantitative estimate of drug-likeness (QED) is 0.317. The molecule has 1 aliphatic rings. The van der Waals surface area contributed by atoms with Gasteiger partial charge in [-0.2, -0.15) is 5.26 Å². The van der Waals surface area contributed by atoms with E-state index in [9.17, 15) is 10.1 Å². The van der Waals surface area contributed by atoms with Crippen LogP contribution in [0.25, 0.3) is 0 Å². The highest BCUT2D eigenvalue weighted by molar-refractivity contribution is 6.31. The topological polar surface area (TPSA) is 62.1 Å². The Morgan fingerprint density at radius 2 is 1.89 bits per heavy atom. The van der Waals surface area contributed by atoms with Crippen molar-refractivity contribution in [1.82, 2.24) is 5.32 Å². The minimum atomic E-state index is -1.72. The average molecular weight is 535 g/mol. The number of hydrogen-bond donors (Lipinski definition) is 1. The molecule has 1 N–H and O–H groups in total. The zero-order valence-corrected chi connectivity index (χ0v) is 22.5. The standard InChI is InChI=1S/C28H30Cl2F2N2O2/c1-7-27(5,6)14-21-28(15-33,18-12-11-16(29)13-20(18)31)22(17-9-8-10-19(30)23(17)32)24(34-21)25(35)36-26(2,3)4/h7-13,21-22,24,34H,1,14H2,2-6H3/t21-,22-,24+,28-/m0/s1. The third kappa shape index (κ3) is 5.29. The van der Waals surface area contributed by atoms with Crippen LogP contribution < -0.4 is 5.32 Å². The van der Waals surface area contributed by atoms with Gasteiger partial charge in [-0.3, -0.25) is 10.1 Å². The molecule has 0 unspecified atom stereocenters. The molecule has 4 atom stereocenters. The number of rotatable bonds is 6. The number of carbonyl (C=O) groups is 1. The Hall–Kier alpha value is -2.46. The van der Waals surface area contributed by atoms with Crippen LogP contribution in [0.3, 0.4) is 0 Å². The lowest BCUT2D eigenvalue weighted by Gasteiger charge is -2.37. The summed E-state index contributed by atoms with van der Waals surface area (Å²) in [6.07, 6.45) is 2.02. The maximum atomic E-state index is 15.6. The molecule has 0 bridgehead atoms. The summed E-state index contributed by atoms with van der Waals surface area (Å²) in [5, 5.41) is 14.0. The number of halogens is 4. The minimum absolute atomic E-state index is 0.00203. The van der Waals surface area contributed by atoms with Crippen molar-refractivity contribution in [3.8, 4) is 6.07 Å². The van der Waals surface area contributed by atoms with Crippen LogP contribution in [0.2, 0.25) is 10.0 Å². The van der Waals surface area contributed by atoms with E-state index in [0.717, 1.165) is 6.07 Å². The average Bonchev–Trinajstić information content (AvgIpc) is 3.08. The zero-order valence-electron chi connectivity index (χ0n) is 21.0. The summed E-state index contributed by atoms with van der Waals surface area (Å²) in [6.45, 7) is 12.8. The highest BCUT2D eigenvalue weighted by atomic mass is 35.5. The lowest BCUT2D eigenvalue weighted by molar-refractivity contribution is -0.157. The zero-order chi connectivity index (χ0) is 27.1. The van der Waals surface area contributed by atoms with Crippen molar-refractivity contribution < 1.29 is 18.3 Å². The molecular formula is C28H30Cl2F2N2O2. The highest BCUT2D eigenvalue weighted by Crippen LogP contribution is 2.53. The first-order chi connectivity index (χ1) is 16.7. The van der Waals surface area contributed by atoms with Gasteiger partial charge in [-0.25, -0.2) is 8.78 Å². The molecule has 36 heavy (non-hydrogen) atoms. The van der Waals surface area contributed by atoms with Gasteiger partial charge < -0.3 is 4.74 Å². The second-order valence-corrected chi connectivity index (χ2v) is 11.7. The van der Waals surface area contributed by atoms with Crippen LogP contribution in [-0.4, -0.2) is 23.7 Å². The number of benzene rings is 2. The van der Waals surface area contributed by atoms with Crippen LogP contribution in [0.1, 0.15) is 58.1 Å². The Morgan fingerprint density at radius 1 is 1.22 bits per heavy atom. The number of allylic oxidation sites excluding steroid dienone is 1. The largest absolute Gasteiger partial charge is 0.459 e. The maximum Gasteiger partial charge on any atom is 0.324 e. The minimum Gasteiger partial charge on any atom is -0.459 e. The van der Waals surface area contributed by atoms with Gasteiger partial charge in [0.05, 0.1) is 11.1 Å². The van der Waals surface area contributed by atoms with Crippen molar-refractivity contribution in [3.05, 3.63) is 81.9 Å². The van der Waals surface area contributed by atoms with E-state index in [1.165, 1.54) is 30.3 Å². The molecule has 8 heteroatoms. The van der Waals surface area contributed by atoms with Crippen molar-refractivity contribution in [2.75, 3.05) is 0 Å². The molecule has 192 valence electrons. The molecule has 0 aromatic heterocycles. The molecule has 0 saturated carbocycles. The molecule has 3 rings (SSSR count). The summed E-state index contributed by atoms with van der Waals surface area (Å²) < 4.78 is 36.8.